The summed E-state index contributed by atoms with van der Waals surface area (Å²) in [5, 5.41) is 20.0. The molecule has 2 N–H and O–H groups in total. The fourth-order valence-electron chi connectivity index (χ4n) is 1.37. The molecule has 0 amide bonds. The molecule has 0 spiro atoms. The average Bonchev–Trinajstić information content (AvgIpc) is 2.74. The molecule has 0 radical (unpaired) electrons. The van der Waals surface area contributed by atoms with Crippen LogP contribution in [0.2, 0.25) is 0 Å². The molecular formula is C9H10N6O3. The molecule has 0 saturated carbocycles. The highest BCUT2D eigenvalue weighted by Gasteiger charge is 2.22. The fourth-order valence-corrected chi connectivity index (χ4v) is 1.37. The Labute approximate surface area is 101 Å². The summed E-state index contributed by atoms with van der Waals surface area (Å²) in [6.45, 7) is 1.71. The van der Waals surface area contributed by atoms with Gasteiger partial charge in [0.2, 0.25) is 11.6 Å². The van der Waals surface area contributed by atoms with E-state index >= 15 is 0 Å². The summed E-state index contributed by atoms with van der Waals surface area (Å²) < 4.78 is 4.85. The third-order valence-electron chi connectivity index (χ3n) is 2.12. The summed E-state index contributed by atoms with van der Waals surface area (Å²) in [6.07, 6.45) is 1.22. The number of anilines is 3. The minimum Gasteiger partial charge on any atom is -0.367 e. The van der Waals surface area contributed by atoms with Gasteiger partial charge in [0.1, 0.15) is 12.1 Å². The molecule has 0 aliphatic carbocycles. The topological polar surface area (TPSA) is 119 Å². The normalized spacial score (nSPS) is 10.1. The van der Waals surface area contributed by atoms with E-state index in [2.05, 4.69) is 25.8 Å². The predicted octanol–water partition coefficient (Wildman–Crippen LogP) is 1.47. The third kappa shape index (κ3) is 2.19. The van der Waals surface area contributed by atoms with Crippen LogP contribution in [0.25, 0.3) is 0 Å². The van der Waals surface area contributed by atoms with Crippen molar-refractivity contribution in [2.24, 2.45) is 0 Å². The smallest absolute Gasteiger partial charge is 0.353 e. The van der Waals surface area contributed by atoms with Crippen LogP contribution in [-0.4, -0.2) is 27.1 Å². The van der Waals surface area contributed by atoms with Gasteiger partial charge in [-0.1, -0.05) is 5.16 Å². The largest absolute Gasteiger partial charge is 0.367 e. The van der Waals surface area contributed by atoms with Gasteiger partial charge in [-0.3, -0.25) is 10.1 Å². The van der Waals surface area contributed by atoms with Gasteiger partial charge in [-0.15, -0.1) is 0 Å². The van der Waals surface area contributed by atoms with E-state index in [0.717, 1.165) is 0 Å². The molecule has 0 aromatic carbocycles. The molecule has 0 saturated heterocycles. The van der Waals surface area contributed by atoms with Crippen LogP contribution in [0.3, 0.4) is 0 Å². The van der Waals surface area contributed by atoms with Crippen molar-refractivity contribution in [3.8, 4) is 0 Å². The van der Waals surface area contributed by atoms with Gasteiger partial charge in [0.05, 0.1) is 4.92 Å². The lowest BCUT2D eigenvalue weighted by Gasteiger charge is -2.05. The number of nitrogens with one attached hydrogen (secondary N) is 2. The predicted molar refractivity (Wildman–Crippen MR) is 62.8 cm³/mol. The summed E-state index contributed by atoms with van der Waals surface area (Å²) in [5.41, 5.74) is -0.249. The first-order valence-corrected chi connectivity index (χ1v) is 4.99. The first kappa shape index (κ1) is 11.8. The van der Waals surface area contributed by atoms with Crippen molar-refractivity contribution < 1.29 is 9.45 Å². The molecule has 18 heavy (non-hydrogen) atoms. The highest BCUT2D eigenvalue weighted by Crippen LogP contribution is 2.30. The Morgan fingerprint density at radius 1 is 1.39 bits per heavy atom. The summed E-state index contributed by atoms with van der Waals surface area (Å²) >= 11 is 0. The number of nitro groups is 1. The van der Waals surface area contributed by atoms with Gasteiger partial charge in [-0.05, 0) is 6.92 Å². The molecular weight excluding hydrogens is 240 g/mol. The van der Waals surface area contributed by atoms with Crippen molar-refractivity contribution in [3.63, 3.8) is 0 Å². The average molecular weight is 250 g/mol. The third-order valence-corrected chi connectivity index (χ3v) is 2.12. The first-order chi connectivity index (χ1) is 8.61. The van der Waals surface area contributed by atoms with Crippen molar-refractivity contribution >= 4 is 23.1 Å². The van der Waals surface area contributed by atoms with Crippen molar-refractivity contribution in [1.29, 1.82) is 0 Å². The molecule has 94 valence electrons. The Morgan fingerprint density at radius 3 is 2.67 bits per heavy atom. The van der Waals surface area contributed by atoms with Gasteiger partial charge in [-0.25, -0.2) is 9.97 Å². The van der Waals surface area contributed by atoms with Crippen molar-refractivity contribution in [2.45, 2.75) is 6.92 Å². The van der Waals surface area contributed by atoms with Crippen LogP contribution >= 0.6 is 0 Å². The molecule has 0 aliphatic rings. The van der Waals surface area contributed by atoms with Crippen molar-refractivity contribution in [3.05, 3.63) is 28.3 Å². The van der Waals surface area contributed by atoms with Crippen LogP contribution in [0.5, 0.6) is 0 Å². The summed E-state index contributed by atoms with van der Waals surface area (Å²) in [5.74, 6) is 1.10. The van der Waals surface area contributed by atoms with E-state index in [1.165, 1.54) is 6.33 Å². The zero-order valence-corrected chi connectivity index (χ0v) is 9.67. The number of nitrogens with zero attached hydrogens (tertiary/aromatic N) is 4. The van der Waals surface area contributed by atoms with Gasteiger partial charge in [0.25, 0.3) is 0 Å². The zero-order valence-electron chi connectivity index (χ0n) is 9.67. The molecule has 2 aromatic heterocycles. The molecule has 0 fully saturated rings. The summed E-state index contributed by atoms with van der Waals surface area (Å²) in [6, 6.07) is 1.60. The second-order valence-corrected chi connectivity index (χ2v) is 3.37. The van der Waals surface area contributed by atoms with Crippen LogP contribution in [-0.2, 0) is 0 Å². The maximum Gasteiger partial charge on any atom is 0.353 e. The van der Waals surface area contributed by atoms with E-state index in [1.807, 2.05) is 0 Å². The van der Waals surface area contributed by atoms with Gasteiger partial charge < -0.3 is 15.2 Å². The second-order valence-electron chi connectivity index (χ2n) is 3.37. The Balaban J connectivity index is 2.41. The van der Waals surface area contributed by atoms with E-state index in [9.17, 15) is 10.1 Å². The molecule has 9 heteroatoms. The number of hydrogen-bond acceptors (Lipinski definition) is 8. The van der Waals surface area contributed by atoms with Crippen LogP contribution in [0, 0.1) is 17.0 Å². The van der Waals surface area contributed by atoms with Crippen molar-refractivity contribution in [2.75, 3.05) is 17.7 Å². The van der Waals surface area contributed by atoms with E-state index in [0.29, 0.717) is 11.6 Å². The lowest BCUT2D eigenvalue weighted by Crippen LogP contribution is -2.05. The minimum atomic E-state index is -0.568. The first-order valence-electron chi connectivity index (χ1n) is 4.99. The Bertz CT molecular complexity index is 581. The van der Waals surface area contributed by atoms with E-state index in [4.69, 9.17) is 4.52 Å². The lowest BCUT2D eigenvalue weighted by molar-refractivity contribution is -0.383. The number of aryl methyl sites for hydroxylation is 1. The van der Waals surface area contributed by atoms with Gasteiger partial charge >= 0.3 is 5.69 Å². The standard InChI is InChI=1S/C9H10N6O3/c1-5-3-6(14-18-5)13-9-7(15(16)17)8(10-2)11-4-12-9/h3-4H,1-2H3,(H2,10,11,12,13,14). The van der Waals surface area contributed by atoms with Crippen LogP contribution in [0.1, 0.15) is 5.76 Å². The van der Waals surface area contributed by atoms with Crippen LogP contribution in [0.4, 0.5) is 23.1 Å². The SMILES string of the molecule is CNc1ncnc(Nc2cc(C)on2)c1[N+](=O)[O-]. The highest BCUT2D eigenvalue weighted by molar-refractivity contribution is 5.72. The zero-order chi connectivity index (χ0) is 13.1. The molecule has 0 unspecified atom stereocenters. The molecule has 0 aliphatic heterocycles. The Morgan fingerprint density at radius 2 is 2.11 bits per heavy atom. The van der Waals surface area contributed by atoms with Crippen molar-refractivity contribution in [1.82, 2.24) is 15.1 Å². The van der Waals surface area contributed by atoms with E-state index < -0.39 is 4.92 Å². The monoisotopic (exact) mass is 250 g/mol. The summed E-state index contributed by atoms with van der Waals surface area (Å²) in [4.78, 5) is 18.0. The Hall–Kier alpha value is -2.71. The lowest BCUT2D eigenvalue weighted by atomic mass is 10.4. The van der Waals surface area contributed by atoms with E-state index in [1.54, 1.807) is 20.0 Å². The van der Waals surface area contributed by atoms with Gasteiger partial charge in [0, 0.05) is 13.1 Å². The number of hydrogen-bond donors (Lipinski definition) is 2. The van der Waals surface area contributed by atoms with Gasteiger partial charge in [-0.2, -0.15) is 0 Å². The maximum atomic E-state index is 11.0. The van der Waals surface area contributed by atoms with Gasteiger partial charge in [0.15, 0.2) is 5.82 Å². The molecule has 0 atom stereocenters. The number of aromatic nitrogens is 3. The van der Waals surface area contributed by atoms with E-state index in [-0.39, 0.29) is 17.3 Å². The molecule has 2 aromatic rings. The molecule has 2 rings (SSSR count). The molecule has 0 bridgehead atoms. The van der Waals surface area contributed by atoms with Crippen LogP contribution < -0.4 is 10.6 Å². The molecule has 9 nitrogen and oxygen atoms in total. The molecule has 2 heterocycles. The summed E-state index contributed by atoms with van der Waals surface area (Å²) in [7, 11) is 1.54. The highest BCUT2D eigenvalue weighted by atomic mass is 16.6. The van der Waals surface area contributed by atoms with Crippen LogP contribution in [0.15, 0.2) is 16.9 Å². The fraction of sp³-hybridized carbons (Fsp3) is 0.222. The Kier molecular flexibility index (Phi) is 3.04. The number of rotatable bonds is 4. The quantitative estimate of drug-likeness (QED) is 0.618. The maximum absolute atomic E-state index is 11.0. The minimum absolute atomic E-state index is 0.0488. The second kappa shape index (κ2) is 4.65.